The zero-order valence-corrected chi connectivity index (χ0v) is 11.1. The summed E-state index contributed by atoms with van der Waals surface area (Å²) >= 11 is 1.67. The first-order valence-electron chi connectivity index (χ1n) is 5.41. The van der Waals surface area contributed by atoms with Crippen LogP contribution in [0.5, 0.6) is 0 Å². The molecular formula is C11H20N2O2S. The van der Waals surface area contributed by atoms with Gasteiger partial charge in [0.25, 0.3) is 0 Å². The average Bonchev–Trinajstić information content (AvgIpc) is 2.66. The van der Waals surface area contributed by atoms with E-state index in [0.29, 0.717) is 0 Å². The third-order valence-corrected chi connectivity index (χ3v) is 3.18. The van der Waals surface area contributed by atoms with Gasteiger partial charge in [-0.3, -0.25) is 0 Å². The van der Waals surface area contributed by atoms with Gasteiger partial charge in [-0.1, -0.05) is 6.92 Å². The molecule has 0 saturated carbocycles. The van der Waals surface area contributed by atoms with E-state index in [1.165, 1.54) is 0 Å². The number of rotatable bonds is 7. The zero-order chi connectivity index (χ0) is 12.0. The van der Waals surface area contributed by atoms with Crippen LogP contribution in [0, 0.1) is 6.92 Å². The summed E-state index contributed by atoms with van der Waals surface area (Å²) in [7, 11) is 3.32. The highest BCUT2D eigenvalue weighted by atomic mass is 32.1. The molecule has 0 aliphatic carbocycles. The number of hydrogen-bond donors (Lipinski definition) is 1. The van der Waals surface area contributed by atoms with Crippen LogP contribution >= 0.6 is 11.3 Å². The second kappa shape index (κ2) is 6.96. The number of hydrogen-bond acceptors (Lipinski definition) is 5. The van der Waals surface area contributed by atoms with Crippen molar-refractivity contribution in [3.05, 3.63) is 16.1 Å². The summed E-state index contributed by atoms with van der Waals surface area (Å²) in [4.78, 5) is 4.45. The Kier molecular flexibility index (Phi) is 5.90. The Bertz CT molecular complexity index is 300. The topological polar surface area (TPSA) is 43.4 Å². The van der Waals surface area contributed by atoms with Crippen molar-refractivity contribution in [2.45, 2.75) is 32.6 Å². The minimum atomic E-state index is -0.234. The van der Waals surface area contributed by atoms with Crippen molar-refractivity contribution in [1.82, 2.24) is 10.3 Å². The van der Waals surface area contributed by atoms with Gasteiger partial charge < -0.3 is 14.8 Å². The van der Waals surface area contributed by atoms with Crippen LogP contribution in [0.2, 0.25) is 0 Å². The van der Waals surface area contributed by atoms with E-state index >= 15 is 0 Å². The Morgan fingerprint density at radius 2 is 2.12 bits per heavy atom. The lowest BCUT2D eigenvalue weighted by Crippen LogP contribution is -2.43. The predicted molar refractivity (Wildman–Crippen MR) is 65.8 cm³/mol. The number of aryl methyl sites for hydroxylation is 1. The first-order valence-corrected chi connectivity index (χ1v) is 6.29. The van der Waals surface area contributed by atoms with E-state index < -0.39 is 0 Å². The molecule has 0 aliphatic heterocycles. The standard InChI is InChI=1S/C11H20N2O2S/c1-5-12-10(11(14-3)15-4)6-9-7-16-8(2)13-9/h7,10-12H,5-6H2,1-4H3. The molecule has 0 radical (unpaired) electrons. The largest absolute Gasteiger partial charge is 0.354 e. The molecule has 0 aromatic carbocycles. The van der Waals surface area contributed by atoms with Crippen molar-refractivity contribution in [2.24, 2.45) is 0 Å². The van der Waals surface area contributed by atoms with E-state index in [-0.39, 0.29) is 12.3 Å². The highest BCUT2D eigenvalue weighted by molar-refractivity contribution is 7.09. The lowest BCUT2D eigenvalue weighted by atomic mass is 10.1. The maximum Gasteiger partial charge on any atom is 0.172 e. The van der Waals surface area contributed by atoms with Crippen LogP contribution in [0.3, 0.4) is 0 Å². The molecule has 0 bridgehead atoms. The summed E-state index contributed by atoms with van der Waals surface area (Å²) in [5.41, 5.74) is 1.09. The van der Waals surface area contributed by atoms with Gasteiger partial charge in [0, 0.05) is 26.0 Å². The van der Waals surface area contributed by atoms with Crippen molar-refractivity contribution < 1.29 is 9.47 Å². The lowest BCUT2D eigenvalue weighted by Gasteiger charge is -2.24. The Balaban J connectivity index is 2.63. The molecule has 16 heavy (non-hydrogen) atoms. The van der Waals surface area contributed by atoms with Gasteiger partial charge in [0.1, 0.15) is 0 Å². The fourth-order valence-electron chi connectivity index (χ4n) is 1.68. The number of nitrogens with zero attached hydrogens (tertiary/aromatic N) is 1. The molecule has 0 fully saturated rings. The molecule has 5 heteroatoms. The van der Waals surface area contributed by atoms with E-state index in [4.69, 9.17) is 9.47 Å². The molecule has 0 saturated heterocycles. The second-order valence-electron chi connectivity index (χ2n) is 3.57. The Hall–Kier alpha value is -0.490. The van der Waals surface area contributed by atoms with Crippen molar-refractivity contribution in [2.75, 3.05) is 20.8 Å². The van der Waals surface area contributed by atoms with Crippen LogP contribution < -0.4 is 5.32 Å². The predicted octanol–water partition coefficient (Wildman–Crippen LogP) is 1.59. The van der Waals surface area contributed by atoms with Crippen LogP contribution in [0.1, 0.15) is 17.6 Å². The number of likely N-dealkylation sites (N-methyl/N-ethyl adjacent to an activating group) is 1. The van der Waals surface area contributed by atoms with E-state index in [9.17, 15) is 0 Å². The van der Waals surface area contributed by atoms with Crippen molar-refractivity contribution >= 4 is 11.3 Å². The molecule has 0 aliphatic rings. The molecule has 92 valence electrons. The molecular weight excluding hydrogens is 224 g/mol. The first kappa shape index (κ1) is 13.6. The highest BCUT2D eigenvalue weighted by Crippen LogP contribution is 2.12. The average molecular weight is 244 g/mol. The Morgan fingerprint density at radius 1 is 1.44 bits per heavy atom. The monoisotopic (exact) mass is 244 g/mol. The maximum absolute atomic E-state index is 5.28. The molecule has 1 aromatic heterocycles. The van der Waals surface area contributed by atoms with Gasteiger partial charge in [-0.2, -0.15) is 0 Å². The van der Waals surface area contributed by atoms with Crippen molar-refractivity contribution in [3.8, 4) is 0 Å². The van der Waals surface area contributed by atoms with Gasteiger partial charge in [0.15, 0.2) is 6.29 Å². The van der Waals surface area contributed by atoms with Gasteiger partial charge in [-0.25, -0.2) is 4.98 Å². The van der Waals surface area contributed by atoms with E-state index in [0.717, 1.165) is 23.7 Å². The quantitative estimate of drug-likeness (QED) is 0.740. The number of thiazole rings is 1. The first-order chi connectivity index (χ1) is 7.71. The van der Waals surface area contributed by atoms with E-state index in [2.05, 4.69) is 22.6 Å². The summed E-state index contributed by atoms with van der Waals surface area (Å²) in [5.74, 6) is 0. The molecule has 1 atom stereocenters. The molecule has 1 rings (SSSR count). The van der Waals surface area contributed by atoms with Crippen LogP contribution in [-0.2, 0) is 15.9 Å². The molecule has 1 unspecified atom stereocenters. The van der Waals surface area contributed by atoms with Gasteiger partial charge in [-0.15, -0.1) is 11.3 Å². The molecule has 0 amide bonds. The molecule has 4 nitrogen and oxygen atoms in total. The van der Waals surface area contributed by atoms with Crippen molar-refractivity contribution in [3.63, 3.8) is 0 Å². The maximum atomic E-state index is 5.28. The smallest absolute Gasteiger partial charge is 0.172 e. The SMILES string of the molecule is CCNC(Cc1csc(C)n1)C(OC)OC. The fraction of sp³-hybridized carbons (Fsp3) is 0.727. The van der Waals surface area contributed by atoms with Crippen LogP contribution in [0.15, 0.2) is 5.38 Å². The normalized spacial score (nSPS) is 13.3. The van der Waals surface area contributed by atoms with Crippen LogP contribution in [-0.4, -0.2) is 38.1 Å². The third-order valence-electron chi connectivity index (χ3n) is 2.36. The summed E-state index contributed by atoms with van der Waals surface area (Å²) in [6.45, 7) is 4.97. The summed E-state index contributed by atoms with van der Waals surface area (Å²) < 4.78 is 10.6. The second-order valence-corrected chi connectivity index (χ2v) is 4.63. The van der Waals surface area contributed by atoms with Crippen LogP contribution in [0.25, 0.3) is 0 Å². The number of ether oxygens (including phenoxy) is 2. The molecule has 1 heterocycles. The van der Waals surface area contributed by atoms with Gasteiger partial charge >= 0.3 is 0 Å². The lowest BCUT2D eigenvalue weighted by molar-refractivity contribution is -0.122. The Morgan fingerprint density at radius 3 is 2.56 bits per heavy atom. The van der Waals surface area contributed by atoms with Crippen molar-refractivity contribution in [1.29, 1.82) is 0 Å². The Labute approximate surface area is 101 Å². The number of methoxy groups -OCH3 is 2. The number of nitrogens with one attached hydrogen (secondary N) is 1. The van der Waals surface area contributed by atoms with Gasteiger partial charge in [0.2, 0.25) is 0 Å². The van der Waals surface area contributed by atoms with Gasteiger partial charge in [0.05, 0.1) is 16.7 Å². The van der Waals surface area contributed by atoms with E-state index in [1.807, 2.05) is 6.92 Å². The molecule has 0 spiro atoms. The fourth-order valence-corrected chi connectivity index (χ4v) is 2.30. The van der Waals surface area contributed by atoms with Gasteiger partial charge in [-0.05, 0) is 13.5 Å². The molecule has 1 N–H and O–H groups in total. The highest BCUT2D eigenvalue weighted by Gasteiger charge is 2.21. The minimum Gasteiger partial charge on any atom is -0.354 e. The van der Waals surface area contributed by atoms with E-state index in [1.54, 1.807) is 25.6 Å². The zero-order valence-electron chi connectivity index (χ0n) is 10.3. The number of aromatic nitrogens is 1. The minimum absolute atomic E-state index is 0.140. The summed E-state index contributed by atoms with van der Waals surface area (Å²) in [6.07, 6.45) is 0.590. The third kappa shape index (κ3) is 3.83. The summed E-state index contributed by atoms with van der Waals surface area (Å²) in [5, 5.41) is 6.54. The molecule has 1 aromatic rings. The van der Waals surface area contributed by atoms with Crippen LogP contribution in [0.4, 0.5) is 0 Å². The summed E-state index contributed by atoms with van der Waals surface area (Å²) in [6, 6.07) is 0.140.